The van der Waals surface area contributed by atoms with Gasteiger partial charge in [-0.25, -0.2) is 0 Å². The van der Waals surface area contributed by atoms with Crippen LogP contribution in [0.15, 0.2) is 30.3 Å². The zero-order valence-electron chi connectivity index (χ0n) is 9.45. The second-order valence-electron chi connectivity index (χ2n) is 4.23. The monoisotopic (exact) mass is 204 g/mol. The summed E-state index contributed by atoms with van der Waals surface area (Å²) >= 11 is 0. The van der Waals surface area contributed by atoms with Crippen molar-refractivity contribution in [3.8, 4) is 0 Å². The van der Waals surface area contributed by atoms with Crippen molar-refractivity contribution >= 4 is 0 Å². The third-order valence-electron chi connectivity index (χ3n) is 3.20. The van der Waals surface area contributed by atoms with E-state index in [9.17, 15) is 0 Å². The summed E-state index contributed by atoms with van der Waals surface area (Å²) in [6.07, 6.45) is 1.26. The Morgan fingerprint density at radius 1 is 1.13 bits per heavy atom. The van der Waals surface area contributed by atoms with Crippen molar-refractivity contribution in [3.63, 3.8) is 0 Å². The second kappa shape index (κ2) is 5.29. The Balaban J connectivity index is 2.03. The standard InChI is InChI=1S/C13H20N2/c1-12(13-6-3-2-4-7-13)15-10-5-8-14-9-11-15/h2-4,6-7,12,14H,5,8-11H2,1H3. The molecule has 2 heteroatoms. The van der Waals surface area contributed by atoms with Gasteiger partial charge in [0.2, 0.25) is 0 Å². The molecule has 15 heavy (non-hydrogen) atoms. The highest BCUT2D eigenvalue weighted by atomic mass is 15.2. The average molecular weight is 204 g/mol. The van der Waals surface area contributed by atoms with Crippen LogP contribution in [0.4, 0.5) is 0 Å². The molecule has 1 heterocycles. The summed E-state index contributed by atoms with van der Waals surface area (Å²) in [6, 6.07) is 11.3. The minimum atomic E-state index is 0.547. The lowest BCUT2D eigenvalue weighted by Gasteiger charge is -2.27. The van der Waals surface area contributed by atoms with Crippen LogP contribution in [-0.2, 0) is 0 Å². The molecule has 1 saturated heterocycles. The Bertz CT molecular complexity index is 276. The Morgan fingerprint density at radius 2 is 1.93 bits per heavy atom. The van der Waals surface area contributed by atoms with Crippen LogP contribution in [0.25, 0.3) is 0 Å². The number of nitrogens with zero attached hydrogens (tertiary/aromatic N) is 1. The molecule has 1 atom stereocenters. The maximum absolute atomic E-state index is 3.44. The van der Waals surface area contributed by atoms with Crippen molar-refractivity contribution in [2.45, 2.75) is 19.4 Å². The van der Waals surface area contributed by atoms with Gasteiger partial charge in [0, 0.05) is 19.1 Å². The van der Waals surface area contributed by atoms with E-state index >= 15 is 0 Å². The van der Waals surface area contributed by atoms with Gasteiger partial charge in [-0.05, 0) is 32.0 Å². The fraction of sp³-hybridized carbons (Fsp3) is 0.538. The van der Waals surface area contributed by atoms with Gasteiger partial charge in [0.1, 0.15) is 0 Å². The molecule has 1 unspecified atom stereocenters. The molecule has 82 valence electrons. The van der Waals surface area contributed by atoms with Crippen LogP contribution in [0.2, 0.25) is 0 Å². The van der Waals surface area contributed by atoms with E-state index in [-0.39, 0.29) is 0 Å². The molecule has 0 aliphatic carbocycles. The van der Waals surface area contributed by atoms with E-state index in [0.29, 0.717) is 6.04 Å². The summed E-state index contributed by atoms with van der Waals surface area (Å²) in [7, 11) is 0. The first-order chi connectivity index (χ1) is 7.38. The molecular formula is C13H20N2. The van der Waals surface area contributed by atoms with Gasteiger partial charge in [-0.15, -0.1) is 0 Å². The molecule has 0 amide bonds. The molecular weight excluding hydrogens is 184 g/mol. The third-order valence-corrected chi connectivity index (χ3v) is 3.20. The van der Waals surface area contributed by atoms with E-state index < -0.39 is 0 Å². The van der Waals surface area contributed by atoms with Crippen LogP contribution in [-0.4, -0.2) is 31.1 Å². The molecule has 0 saturated carbocycles. The Morgan fingerprint density at radius 3 is 2.73 bits per heavy atom. The van der Waals surface area contributed by atoms with E-state index in [1.54, 1.807) is 0 Å². The molecule has 1 N–H and O–H groups in total. The highest BCUT2D eigenvalue weighted by molar-refractivity contribution is 5.18. The van der Waals surface area contributed by atoms with Crippen LogP contribution >= 0.6 is 0 Å². The average Bonchev–Trinajstić information content (AvgIpc) is 2.58. The number of rotatable bonds is 2. The molecule has 0 radical (unpaired) electrons. The molecule has 1 aliphatic heterocycles. The SMILES string of the molecule is CC(c1ccccc1)N1CCCNCC1. The van der Waals surface area contributed by atoms with Gasteiger partial charge in [0.15, 0.2) is 0 Å². The number of hydrogen-bond donors (Lipinski definition) is 1. The van der Waals surface area contributed by atoms with Crippen LogP contribution in [0, 0.1) is 0 Å². The largest absolute Gasteiger partial charge is 0.315 e. The van der Waals surface area contributed by atoms with Crippen molar-refractivity contribution in [1.29, 1.82) is 0 Å². The van der Waals surface area contributed by atoms with Crippen molar-refractivity contribution in [3.05, 3.63) is 35.9 Å². The summed E-state index contributed by atoms with van der Waals surface area (Å²) < 4.78 is 0. The predicted octanol–water partition coefficient (Wildman–Crippen LogP) is 2.04. The molecule has 0 aromatic heterocycles. The van der Waals surface area contributed by atoms with Crippen LogP contribution in [0.1, 0.15) is 24.9 Å². The van der Waals surface area contributed by atoms with Gasteiger partial charge in [0.25, 0.3) is 0 Å². The maximum atomic E-state index is 3.44. The lowest BCUT2D eigenvalue weighted by Crippen LogP contribution is -2.30. The van der Waals surface area contributed by atoms with Gasteiger partial charge in [0.05, 0.1) is 0 Å². The zero-order valence-corrected chi connectivity index (χ0v) is 9.45. The van der Waals surface area contributed by atoms with E-state index in [1.807, 2.05) is 0 Å². The van der Waals surface area contributed by atoms with E-state index in [4.69, 9.17) is 0 Å². The van der Waals surface area contributed by atoms with E-state index in [2.05, 4.69) is 47.5 Å². The van der Waals surface area contributed by atoms with Gasteiger partial charge in [-0.2, -0.15) is 0 Å². The quantitative estimate of drug-likeness (QED) is 0.793. The van der Waals surface area contributed by atoms with Crippen LogP contribution in [0.3, 0.4) is 0 Å². The molecule has 0 bridgehead atoms. The fourth-order valence-electron chi connectivity index (χ4n) is 2.20. The van der Waals surface area contributed by atoms with Gasteiger partial charge in [-0.3, -0.25) is 4.90 Å². The van der Waals surface area contributed by atoms with Crippen LogP contribution < -0.4 is 5.32 Å². The maximum Gasteiger partial charge on any atom is 0.0320 e. The molecule has 2 nitrogen and oxygen atoms in total. The number of nitrogens with one attached hydrogen (secondary N) is 1. The molecule has 1 aliphatic rings. The van der Waals surface area contributed by atoms with Crippen molar-refractivity contribution in [2.24, 2.45) is 0 Å². The Kier molecular flexibility index (Phi) is 3.75. The first-order valence-electron chi connectivity index (χ1n) is 5.87. The van der Waals surface area contributed by atoms with Crippen molar-refractivity contribution in [1.82, 2.24) is 10.2 Å². The lowest BCUT2D eigenvalue weighted by molar-refractivity contribution is 0.225. The smallest absolute Gasteiger partial charge is 0.0320 e. The summed E-state index contributed by atoms with van der Waals surface area (Å²) in [4.78, 5) is 2.56. The topological polar surface area (TPSA) is 15.3 Å². The normalized spacial score (nSPS) is 20.9. The lowest BCUT2D eigenvalue weighted by atomic mass is 10.1. The summed E-state index contributed by atoms with van der Waals surface area (Å²) in [6.45, 7) is 6.97. The first kappa shape index (κ1) is 10.7. The van der Waals surface area contributed by atoms with E-state index in [1.165, 1.54) is 18.5 Å². The van der Waals surface area contributed by atoms with Crippen molar-refractivity contribution in [2.75, 3.05) is 26.2 Å². The second-order valence-corrected chi connectivity index (χ2v) is 4.23. The number of hydrogen-bond acceptors (Lipinski definition) is 2. The molecule has 1 fully saturated rings. The summed E-state index contributed by atoms with van der Waals surface area (Å²) in [5.74, 6) is 0. The fourth-order valence-corrected chi connectivity index (χ4v) is 2.20. The Hall–Kier alpha value is -0.860. The van der Waals surface area contributed by atoms with Crippen molar-refractivity contribution < 1.29 is 0 Å². The van der Waals surface area contributed by atoms with Gasteiger partial charge in [-0.1, -0.05) is 30.3 Å². The summed E-state index contributed by atoms with van der Waals surface area (Å²) in [5, 5.41) is 3.44. The zero-order chi connectivity index (χ0) is 10.5. The Labute approximate surface area is 92.3 Å². The van der Waals surface area contributed by atoms with Crippen LogP contribution in [0.5, 0.6) is 0 Å². The molecule has 0 spiro atoms. The van der Waals surface area contributed by atoms with Gasteiger partial charge < -0.3 is 5.32 Å². The highest BCUT2D eigenvalue weighted by Crippen LogP contribution is 2.19. The highest BCUT2D eigenvalue weighted by Gasteiger charge is 2.16. The molecule has 2 rings (SSSR count). The molecule has 1 aromatic carbocycles. The van der Waals surface area contributed by atoms with Gasteiger partial charge >= 0.3 is 0 Å². The third kappa shape index (κ3) is 2.80. The minimum Gasteiger partial charge on any atom is -0.315 e. The predicted molar refractivity (Wildman–Crippen MR) is 63.9 cm³/mol. The first-order valence-corrected chi connectivity index (χ1v) is 5.87. The molecule has 1 aromatic rings. The van der Waals surface area contributed by atoms with E-state index in [0.717, 1.165) is 19.6 Å². The minimum absolute atomic E-state index is 0.547. The number of benzene rings is 1. The summed E-state index contributed by atoms with van der Waals surface area (Å²) in [5.41, 5.74) is 1.43.